The zero-order valence-electron chi connectivity index (χ0n) is 10.6. The molecule has 0 heterocycles. The van der Waals surface area contributed by atoms with Gasteiger partial charge in [0.1, 0.15) is 0 Å². The summed E-state index contributed by atoms with van der Waals surface area (Å²) in [6, 6.07) is 16.4. The van der Waals surface area contributed by atoms with Crippen molar-refractivity contribution in [2.75, 3.05) is 6.54 Å². The van der Waals surface area contributed by atoms with E-state index in [1.807, 2.05) is 18.2 Å². The van der Waals surface area contributed by atoms with E-state index in [0.717, 1.165) is 11.1 Å². The maximum atomic E-state index is 9.96. The SMILES string of the molecule is Cc1ccc(-c2cccc(C(O)CCN)c2)cc1. The van der Waals surface area contributed by atoms with E-state index in [4.69, 9.17) is 5.73 Å². The van der Waals surface area contributed by atoms with E-state index < -0.39 is 6.10 Å². The van der Waals surface area contributed by atoms with Gasteiger partial charge < -0.3 is 10.8 Å². The Balaban J connectivity index is 2.29. The number of rotatable bonds is 4. The van der Waals surface area contributed by atoms with Gasteiger partial charge >= 0.3 is 0 Å². The highest BCUT2D eigenvalue weighted by molar-refractivity contribution is 5.64. The highest BCUT2D eigenvalue weighted by Gasteiger charge is 2.07. The second-order valence-electron chi connectivity index (χ2n) is 4.58. The molecule has 0 aromatic heterocycles. The molecular formula is C16H19NO. The molecule has 94 valence electrons. The number of aryl methyl sites for hydroxylation is 1. The summed E-state index contributed by atoms with van der Waals surface area (Å²) in [4.78, 5) is 0. The fraction of sp³-hybridized carbons (Fsp3) is 0.250. The topological polar surface area (TPSA) is 46.2 Å². The molecule has 1 atom stereocenters. The lowest BCUT2D eigenvalue weighted by Crippen LogP contribution is -2.06. The summed E-state index contributed by atoms with van der Waals surface area (Å²) >= 11 is 0. The zero-order valence-corrected chi connectivity index (χ0v) is 10.6. The first-order valence-electron chi connectivity index (χ1n) is 6.26. The highest BCUT2D eigenvalue weighted by Crippen LogP contribution is 2.24. The standard InChI is InChI=1S/C16H19NO/c1-12-5-7-13(8-6-12)14-3-2-4-15(11-14)16(18)9-10-17/h2-8,11,16,18H,9-10,17H2,1H3. The number of nitrogens with two attached hydrogens (primary N) is 1. The summed E-state index contributed by atoms with van der Waals surface area (Å²) in [5.41, 5.74) is 9.95. The summed E-state index contributed by atoms with van der Waals surface area (Å²) in [6.07, 6.45) is 0.123. The number of aliphatic hydroxyl groups excluding tert-OH is 1. The number of benzene rings is 2. The van der Waals surface area contributed by atoms with E-state index in [2.05, 4.69) is 37.3 Å². The lowest BCUT2D eigenvalue weighted by molar-refractivity contribution is 0.170. The van der Waals surface area contributed by atoms with Crippen LogP contribution in [0.1, 0.15) is 23.7 Å². The lowest BCUT2D eigenvalue weighted by Gasteiger charge is -2.11. The maximum absolute atomic E-state index is 9.96. The van der Waals surface area contributed by atoms with Gasteiger partial charge in [-0.05, 0) is 42.6 Å². The molecule has 0 aliphatic heterocycles. The van der Waals surface area contributed by atoms with Crippen LogP contribution in [0.4, 0.5) is 0 Å². The minimum Gasteiger partial charge on any atom is -0.388 e. The van der Waals surface area contributed by atoms with Crippen LogP contribution in [0.5, 0.6) is 0 Å². The molecule has 2 nitrogen and oxygen atoms in total. The molecule has 18 heavy (non-hydrogen) atoms. The lowest BCUT2D eigenvalue weighted by atomic mass is 9.99. The van der Waals surface area contributed by atoms with Crippen LogP contribution in [0.2, 0.25) is 0 Å². The minimum absolute atomic E-state index is 0.472. The van der Waals surface area contributed by atoms with Gasteiger partial charge in [0.05, 0.1) is 6.10 Å². The predicted molar refractivity (Wildman–Crippen MR) is 75.2 cm³/mol. The van der Waals surface area contributed by atoms with Crippen LogP contribution in [-0.2, 0) is 0 Å². The van der Waals surface area contributed by atoms with E-state index in [0.29, 0.717) is 13.0 Å². The normalized spacial score (nSPS) is 12.4. The molecule has 0 saturated heterocycles. The highest BCUT2D eigenvalue weighted by atomic mass is 16.3. The number of aliphatic hydroxyl groups is 1. The molecule has 1 unspecified atom stereocenters. The Morgan fingerprint density at radius 1 is 1.06 bits per heavy atom. The molecule has 0 saturated carbocycles. The van der Waals surface area contributed by atoms with Crippen LogP contribution < -0.4 is 5.73 Å². The van der Waals surface area contributed by atoms with Gasteiger partial charge in [-0.2, -0.15) is 0 Å². The molecule has 2 heteroatoms. The van der Waals surface area contributed by atoms with Crippen LogP contribution in [0, 0.1) is 6.92 Å². The van der Waals surface area contributed by atoms with Crippen LogP contribution in [-0.4, -0.2) is 11.7 Å². The van der Waals surface area contributed by atoms with Crippen molar-refractivity contribution >= 4 is 0 Å². The van der Waals surface area contributed by atoms with Gasteiger partial charge in [-0.15, -0.1) is 0 Å². The van der Waals surface area contributed by atoms with E-state index in [1.165, 1.54) is 11.1 Å². The second kappa shape index (κ2) is 5.80. The number of hydrogen-bond donors (Lipinski definition) is 2. The number of hydrogen-bond acceptors (Lipinski definition) is 2. The Hall–Kier alpha value is -1.64. The fourth-order valence-corrected chi connectivity index (χ4v) is 2.00. The van der Waals surface area contributed by atoms with E-state index in [9.17, 15) is 5.11 Å². The Kier molecular flexibility index (Phi) is 4.13. The zero-order chi connectivity index (χ0) is 13.0. The Morgan fingerprint density at radius 2 is 1.78 bits per heavy atom. The first kappa shape index (κ1) is 12.8. The molecule has 0 fully saturated rings. The van der Waals surface area contributed by atoms with Crippen molar-refractivity contribution in [2.24, 2.45) is 5.73 Å². The van der Waals surface area contributed by atoms with Gasteiger partial charge in [0.2, 0.25) is 0 Å². The second-order valence-corrected chi connectivity index (χ2v) is 4.58. The molecule has 2 rings (SSSR count). The molecule has 0 radical (unpaired) electrons. The summed E-state index contributed by atoms with van der Waals surface area (Å²) in [6.45, 7) is 2.57. The summed E-state index contributed by atoms with van der Waals surface area (Å²) in [7, 11) is 0. The van der Waals surface area contributed by atoms with Crippen molar-refractivity contribution in [3.63, 3.8) is 0 Å². The van der Waals surface area contributed by atoms with Crippen molar-refractivity contribution in [3.8, 4) is 11.1 Å². The third-order valence-corrected chi connectivity index (χ3v) is 3.10. The molecule has 2 aromatic rings. The van der Waals surface area contributed by atoms with Crippen molar-refractivity contribution in [3.05, 3.63) is 59.7 Å². The van der Waals surface area contributed by atoms with Gasteiger partial charge in [-0.1, -0.05) is 48.0 Å². The van der Waals surface area contributed by atoms with Gasteiger partial charge in [0.15, 0.2) is 0 Å². The van der Waals surface area contributed by atoms with Crippen LogP contribution in [0.3, 0.4) is 0 Å². The van der Waals surface area contributed by atoms with Crippen molar-refractivity contribution in [2.45, 2.75) is 19.4 Å². The van der Waals surface area contributed by atoms with Gasteiger partial charge in [0, 0.05) is 0 Å². The molecular weight excluding hydrogens is 222 g/mol. The quantitative estimate of drug-likeness (QED) is 0.864. The van der Waals surface area contributed by atoms with Crippen molar-refractivity contribution in [1.29, 1.82) is 0 Å². The first-order valence-corrected chi connectivity index (χ1v) is 6.26. The predicted octanol–water partition coefficient (Wildman–Crippen LogP) is 3.04. The molecule has 0 amide bonds. The van der Waals surface area contributed by atoms with E-state index in [-0.39, 0.29) is 0 Å². The van der Waals surface area contributed by atoms with Gasteiger partial charge in [-0.25, -0.2) is 0 Å². The summed E-state index contributed by atoms with van der Waals surface area (Å²) in [5.74, 6) is 0. The average molecular weight is 241 g/mol. The largest absolute Gasteiger partial charge is 0.388 e. The van der Waals surface area contributed by atoms with Gasteiger partial charge in [0.25, 0.3) is 0 Å². The van der Waals surface area contributed by atoms with Gasteiger partial charge in [-0.3, -0.25) is 0 Å². The molecule has 0 aliphatic rings. The minimum atomic E-state index is -0.472. The summed E-state index contributed by atoms with van der Waals surface area (Å²) < 4.78 is 0. The third-order valence-electron chi connectivity index (χ3n) is 3.10. The van der Waals surface area contributed by atoms with Crippen LogP contribution in [0.25, 0.3) is 11.1 Å². The molecule has 3 N–H and O–H groups in total. The van der Waals surface area contributed by atoms with Crippen molar-refractivity contribution in [1.82, 2.24) is 0 Å². The Bertz CT molecular complexity index is 505. The fourth-order valence-electron chi connectivity index (χ4n) is 2.00. The molecule has 0 aliphatic carbocycles. The average Bonchev–Trinajstić information content (AvgIpc) is 2.40. The van der Waals surface area contributed by atoms with Crippen molar-refractivity contribution < 1.29 is 5.11 Å². The van der Waals surface area contributed by atoms with E-state index >= 15 is 0 Å². The van der Waals surface area contributed by atoms with Crippen LogP contribution in [0.15, 0.2) is 48.5 Å². The Morgan fingerprint density at radius 3 is 2.44 bits per heavy atom. The van der Waals surface area contributed by atoms with E-state index in [1.54, 1.807) is 0 Å². The molecule has 0 bridgehead atoms. The summed E-state index contributed by atoms with van der Waals surface area (Å²) in [5, 5.41) is 9.96. The van der Waals surface area contributed by atoms with Crippen LogP contribution >= 0.6 is 0 Å². The molecule has 0 spiro atoms. The first-order chi connectivity index (χ1) is 8.70. The molecule has 2 aromatic carbocycles. The third kappa shape index (κ3) is 2.97. The Labute approximate surface area is 108 Å². The monoisotopic (exact) mass is 241 g/mol. The maximum Gasteiger partial charge on any atom is 0.0802 e. The smallest absolute Gasteiger partial charge is 0.0802 e.